The topological polar surface area (TPSA) is 75.5 Å². The summed E-state index contributed by atoms with van der Waals surface area (Å²) in [5, 5.41) is 14.2. The Labute approximate surface area is 117 Å². The van der Waals surface area contributed by atoms with Crippen LogP contribution in [0.3, 0.4) is 0 Å². The number of nitrogens with zero attached hydrogens (tertiary/aromatic N) is 2. The van der Waals surface area contributed by atoms with E-state index in [0.717, 1.165) is 37.2 Å². The van der Waals surface area contributed by atoms with Crippen LogP contribution in [0.2, 0.25) is 0 Å². The Hall–Kier alpha value is -2.11. The Morgan fingerprint density at radius 3 is 2.60 bits per heavy atom. The predicted octanol–water partition coefficient (Wildman–Crippen LogP) is 2.33. The van der Waals surface area contributed by atoms with Crippen LogP contribution in [0.25, 0.3) is 0 Å². The van der Waals surface area contributed by atoms with E-state index in [4.69, 9.17) is 0 Å². The molecule has 0 saturated carbocycles. The molecular weight excluding hydrogens is 258 g/mol. The Morgan fingerprint density at radius 2 is 2.05 bits per heavy atom. The molecule has 1 N–H and O–H groups in total. The molecular formula is C14H19N3O3. The number of rotatable bonds is 3. The Kier molecular flexibility index (Phi) is 4.22. The van der Waals surface area contributed by atoms with Crippen LogP contribution in [-0.4, -0.2) is 34.9 Å². The first-order valence-corrected chi connectivity index (χ1v) is 6.74. The first-order chi connectivity index (χ1) is 9.47. The van der Waals surface area contributed by atoms with Gasteiger partial charge in [0.25, 0.3) is 5.69 Å². The van der Waals surface area contributed by atoms with Gasteiger partial charge in [-0.15, -0.1) is 0 Å². The van der Waals surface area contributed by atoms with Gasteiger partial charge in [-0.1, -0.05) is 6.07 Å². The third-order valence-corrected chi connectivity index (χ3v) is 3.73. The second-order valence-electron chi connectivity index (χ2n) is 5.18. The van der Waals surface area contributed by atoms with E-state index >= 15 is 0 Å². The fraction of sp³-hybridized carbons (Fsp3) is 0.500. The number of nitro groups is 1. The van der Waals surface area contributed by atoms with Gasteiger partial charge in [0.2, 0.25) is 5.91 Å². The summed E-state index contributed by atoms with van der Waals surface area (Å²) >= 11 is 0. The van der Waals surface area contributed by atoms with Crippen LogP contribution in [0.1, 0.15) is 25.3 Å². The number of aryl methyl sites for hydroxylation is 1. The zero-order valence-corrected chi connectivity index (χ0v) is 11.8. The highest BCUT2D eigenvalue weighted by atomic mass is 16.6. The van der Waals surface area contributed by atoms with Crippen molar-refractivity contribution >= 4 is 17.3 Å². The van der Waals surface area contributed by atoms with Crippen molar-refractivity contribution in [3.8, 4) is 0 Å². The number of carbonyl (C=O) groups is 1. The maximum Gasteiger partial charge on any atom is 0.271 e. The molecule has 0 aliphatic carbocycles. The molecule has 0 aromatic heterocycles. The van der Waals surface area contributed by atoms with Crippen molar-refractivity contribution in [2.45, 2.75) is 32.7 Å². The van der Waals surface area contributed by atoms with Gasteiger partial charge in [0, 0.05) is 43.9 Å². The minimum Gasteiger partial charge on any atom is -0.382 e. The lowest BCUT2D eigenvalue weighted by Crippen LogP contribution is -2.41. The number of anilines is 1. The minimum atomic E-state index is -0.386. The number of hydrogen-bond donors (Lipinski definition) is 1. The molecule has 0 spiro atoms. The summed E-state index contributed by atoms with van der Waals surface area (Å²) < 4.78 is 0. The molecule has 1 aromatic rings. The van der Waals surface area contributed by atoms with E-state index in [1.165, 1.54) is 6.07 Å². The van der Waals surface area contributed by atoms with Crippen molar-refractivity contribution in [2.75, 3.05) is 18.4 Å². The molecule has 1 amide bonds. The molecule has 0 atom stereocenters. The summed E-state index contributed by atoms with van der Waals surface area (Å²) in [5.41, 5.74) is 1.89. The quantitative estimate of drug-likeness (QED) is 0.679. The van der Waals surface area contributed by atoms with E-state index in [1.807, 2.05) is 11.8 Å². The number of nitro benzene ring substituents is 1. The summed E-state index contributed by atoms with van der Waals surface area (Å²) in [5.74, 6) is 0.106. The van der Waals surface area contributed by atoms with Crippen molar-refractivity contribution < 1.29 is 9.72 Å². The normalized spacial score (nSPS) is 16.0. The molecule has 1 aromatic carbocycles. The lowest BCUT2D eigenvalue weighted by molar-refractivity contribution is -0.384. The van der Waals surface area contributed by atoms with Crippen molar-refractivity contribution in [3.05, 3.63) is 33.9 Å². The Balaban J connectivity index is 2.02. The third-order valence-electron chi connectivity index (χ3n) is 3.73. The first kappa shape index (κ1) is 14.3. The highest BCUT2D eigenvalue weighted by Gasteiger charge is 2.21. The van der Waals surface area contributed by atoms with Crippen molar-refractivity contribution in [3.63, 3.8) is 0 Å². The number of hydrogen-bond acceptors (Lipinski definition) is 4. The SMILES string of the molecule is CC(=O)N1CCC(Nc2cc([N+](=O)[O-])ccc2C)CC1. The van der Waals surface area contributed by atoms with E-state index < -0.39 is 0 Å². The average Bonchev–Trinajstić information content (AvgIpc) is 2.41. The number of nitrogens with one attached hydrogen (secondary N) is 1. The van der Waals surface area contributed by atoms with Crippen LogP contribution in [-0.2, 0) is 4.79 Å². The maximum absolute atomic E-state index is 11.3. The van der Waals surface area contributed by atoms with E-state index in [0.29, 0.717) is 0 Å². The molecule has 6 nitrogen and oxygen atoms in total. The summed E-state index contributed by atoms with van der Waals surface area (Å²) in [6.45, 7) is 4.98. The second kappa shape index (κ2) is 5.90. The predicted molar refractivity (Wildman–Crippen MR) is 76.7 cm³/mol. The second-order valence-corrected chi connectivity index (χ2v) is 5.18. The molecule has 0 bridgehead atoms. The molecule has 1 fully saturated rings. The van der Waals surface area contributed by atoms with Crippen molar-refractivity contribution in [1.29, 1.82) is 0 Å². The molecule has 2 rings (SSSR count). The van der Waals surface area contributed by atoms with Gasteiger partial charge in [-0.05, 0) is 25.3 Å². The zero-order chi connectivity index (χ0) is 14.7. The number of non-ortho nitro benzene ring substituents is 1. The van der Waals surface area contributed by atoms with Gasteiger partial charge in [-0.3, -0.25) is 14.9 Å². The van der Waals surface area contributed by atoms with Gasteiger partial charge in [0.05, 0.1) is 4.92 Å². The number of likely N-dealkylation sites (tertiary alicyclic amines) is 1. The maximum atomic E-state index is 11.3. The molecule has 1 aliphatic rings. The van der Waals surface area contributed by atoms with Gasteiger partial charge in [-0.2, -0.15) is 0 Å². The third kappa shape index (κ3) is 3.26. The fourth-order valence-corrected chi connectivity index (χ4v) is 2.44. The molecule has 6 heteroatoms. The van der Waals surface area contributed by atoms with Crippen LogP contribution in [0.15, 0.2) is 18.2 Å². The Morgan fingerprint density at radius 1 is 1.40 bits per heavy atom. The summed E-state index contributed by atoms with van der Waals surface area (Å²) in [4.78, 5) is 23.5. The van der Waals surface area contributed by atoms with Gasteiger partial charge in [-0.25, -0.2) is 0 Å². The summed E-state index contributed by atoms with van der Waals surface area (Å²) in [6, 6.07) is 5.10. The summed E-state index contributed by atoms with van der Waals surface area (Å²) in [6.07, 6.45) is 1.73. The highest BCUT2D eigenvalue weighted by Crippen LogP contribution is 2.24. The monoisotopic (exact) mass is 277 g/mol. The van der Waals surface area contributed by atoms with Crippen molar-refractivity contribution in [2.24, 2.45) is 0 Å². The summed E-state index contributed by atoms with van der Waals surface area (Å²) in [7, 11) is 0. The van der Waals surface area contributed by atoms with E-state index in [9.17, 15) is 14.9 Å². The average molecular weight is 277 g/mol. The van der Waals surface area contributed by atoms with Gasteiger partial charge < -0.3 is 10.2 Å². The number of piperidine rings is 1. The van der Waals surface area contributed by atoms with Gasteiger partial charge in [0.15, 0.2) is 0 Å². The largest absolute Gasteiger partial charge is 0.382 e. The number of carbonyl (C=O) groups excluding carboxylic acids is 1. The molecule has 20 heavy (non-hydrogen) atoms. The van der Waals surface area contributed by atoms with E-state index in [2.05, 4.69) is 5.32 Å². The lowest BCUT2D eigenvalue weighted by Gasteiger charge is -2.32. The fourth-order valence-electron chi connectivity index (χ4n) is 2.44. The minimum absolute atomic E-state index is 0.0965. The molecule has 1 aliphatic heterocycles. The lowest BCUT2D eigenvalue weighted by atomic mass is 10.0. The van der Waals surface area contributed by atoms with Crippen LogP contribution < -0.4 is 5.32 Å². The molecule has 108 valence electrons. The van der Waals surface area contributed by atoms with E-state index in [-0.39, 0.29) is 22.6 Å². The molecule has 0 unspecified atom stereocenters. The molecule has 0 radical (unpaired) electrons. The zero-order valence-electron chi connectivity index (χ0n) is 11.8. The van der Waals surface area contributed by atoms with Gasteiger partial charge >= 0.3 is 0 Å². The standard InChI is InChI=1S/C14H19N3O3/c1-10-3-4-13(17(19)20)9-14(10)15-12-5-7-16(8-6-12)11(2)18/h3-4,9,12,15H,5-8H2,1-2H3. The van der Waals surface area contributed by atoms with E-state index in [1.54, 1.807) is 19.1 Å². The van der Waals surface area contributed by atoms with Crippen molar-refractivity contribution in [1.82, 2.24) is 4.90 Å². The first-order valence-electron chi connectivity index (χ1n) is 6.74. The van der Waals surface area contributed by atoms with Crippen LogP contribution in [0.4, 0.5) is 11.4 Å². The van der Waals surface area contributed by atoms with Gasteiger partial charge in [0.1, 0.15) is 0 Å². The number of amides is 1. The smallest absolute Gasteiger partial charge is 0.271 e. The highest BCUT2D eigenvalue weighted by molar-refractivity contribution is 5.73. The number of benzene rings is 1. The van der Waals surface area contributed by atoms with Crippen LogP contribution >= 0.6 is 0 Å². The van der Waals surface area contributed by atoms with Crippen LogP contribution in [0.5, 0.6) is 0 Å². The van der Waals surface area contributed by atoms with Crippen LogP contribution in [0, 0.1) is 17.0 Å². The Bertz CT molecular complexity index is 522. The molecule has 1 heterocycles. The molecule has 1 saturated heterocycles.